The molecule has 8 heteroatoms. The second-order valence-electron chi connectivity index (χ2n) is 8.18. The predicted molar refractivity (Wildman–Crippen MR) is 133 cm³/mol. The zero-order valence-corrected chi connectivity index (χ0v) is 19.6. The van der Waals surface area contributed by atoms with Gasteiger partial charge in [-0.1, -0.05) is 36.8 Å². The van der Waals surface area contributed by atoms with E-state index >= 15 is 0 Å². The fraction of sp³-hybridized carbons (Fsp3) is 0.320. The number of benzene rings is 2. The predicted octanol–water partition coefficient (Wildman–Crippen LogP) is 4.99. The first kappa shape index (κ1) is 22.8. The third-order valence-electron chi connectivity index (χ3n) is 5.90. The number of amides is 1. The van der Waals surface area contributed by atoms with Crippen LogP contribution in [0.25, 0.3) is 21.9 Å². The van der Waals surface area contributed by atoms with Crippen LogP contribution in [0.3, 0.4) is 0 Å². The molecule has 0 fully saturated rings. The Morgan fingerprint density at radius 3 is 2.64 bits per heavy atom. The number of nitrogens with one attached hydrogen (secondary N) is 3. The monoisotopic (exact) mass is 464 g/mol. The number of fused-ring (bicyclic) bond motifs is 3. The molecule has 7 nitrogen and oxygen atoms in total. The number of rotatable bonds is 9. The van der Waals surface area contributed by atoms with E-state index in [0.29, 0.717) is 34.5 Å². The minimum Gasteiger partial charge on any atom is -0.497 e. The van der Waals surface area contributed by atoms with Gasteiger partial charge < -0.3 is 20.0 Å². The molecule has 2 heterocycles. The molecule has 0 spiro atoms. The SMILES string of the molecule is COc1ccc2[nH]c3c(=O)n(CCCCCC(=O)N[C@@H](C)c4ccccc4)c(=S)[nH]c3c2c1. The molecule has 0 bridgehead atoms. The third-order valence-corrected chi connectivity index (χ3v) is 6.23. The van der Waals surface area contributed by atoms with Crippen LogP contribution in [0.15, 0.2) is 53.3 Å². The van der Waals surface area contributed by atoms with E-state index in [1.807, 2.05) is 55.5 Å². The van der Waals surface area contributed by atoms with E-state index in [-0.39, 0.29) is 17.5 Å². The quantitative estimate of drug-likeness (QED) is 0.240. The van der Waals surface area contributed by atoms with Crippen LogP contribution in [0, 0.1) is 4.77 Å². The van der Waals surface area contributed by atoms with Gasteiger partial charge in [0.1, 0.15) is 11.3 Å². The Bertz CT molecular complexity index is 1390. The van der Waals surface area contributed by atoms with Crippen molar-refractivity contribution in [3.05, 3.63) is 69.2 Å². The molecule has 0 saturated carbocycles. The Morgan fingerprint density at radius 1 is 1.09 bits per heavy atom. The number of unbranched alkanes of at least 4 members (excludes halogenated alkanes) is 2. The molecule has 2 aromatic carbocycles. The molecule has 0 aliphatic carbocycles. The lowest BCUT2D eigenvalue weighted by Crippen LogP contribution is -2.26. The van der Waals surface area contributed by atoms with Crippen LogP contribution >= 0.6 is 12.2 Å². The van der Waals surface area contributed by atoms with Crippen molar-refractivity contribution >= 4 is 40.1 Å². The Labute approximate surface area is 196 Å². The zero-order valence-electron chi connectivity index (χ0n) is 18.8. The molecular weight excluding hydrogens is 436 g/mol. The van der Waals surface area contributed by atoms with Crippen molar-refractivity contribution in [2.24, 2.45) is 0 Å². The maximum atomic E-state index is 13.1. The summed E-state index contributed by atoms with van der Waals surface area (Å²) in [6.07, 6.45) is 2.81. The number of carbonyl (C=O) groups excluding carboxylic acids is 1. The molecule has 2 aromatic heterocycles. The molecule has 0 aliphatic rings. The molecule has 0 saturated heterocycles. The van der Waals surface area contributed by atoms with Gasteiger partial charge >= 0.3 is 0 Å². The van der Waals surface area contributed by atoms with Gasteiger partial charge in [0.15, 0.2) is 4.77 Å². The summed E-state index contributed by atoms with van der Waals surface area (Å²) >= 11 is 5.47. The molecule has 4 aromatic rings. The fourth-order valence-corrected chi connectivity index (χ4v) is 4.34. The molecule has 172 valence electrons. The van der Waals surface area contributed by atoms with Crippen LogP contribution in [0.5, 0.6) is 5.75 Å². The molecule has 1 atom stereocenters. The number of methoxy groups -OCH3 is 1. The van der Waals surface area contributed by atoms with Gasteiger partial charge in [0.2, 0.25) is 5.91 Å². The van der Waals surface area contributed by atoms with E-state index in [1.165, 1.54) is 0 Å². The maximum Gasteiger partial charge on any atom is 0.278 e. The summed E-state index contributed by atoms with van der Waals surface area (Å²) < 4.78 is 7.27. The highest BCUT2D eigenvalue weighted by atomic mass is 32.1. The van der Waals surface area contributed by atoms with E-state index in [4.69, 9.17) is 17.0 Å². The van der Waals surface area contributed by atoms with Gasteiger partial charge in [0.25, 0.3) is 5.56 Å². The first-order chi connectivity index (χ1) is 16.0. The number of carbonyl (C=O) groups is 1. The number of aromatic amines is 2. The van der Waals surface area contributed by atoms with Crippen LogP contribution in [0.2, 0.25) is 0 Å². The van der Waals surface area contributed by atoms with E-state index in [2.05, 4.69) is 15.3 Å². The molecular formula is C25H28N4O3S. The minimum absolute atomic E-state index is 0.0152. The number of H-pyrrole nitrogens is 2. The van der Waals surface area contributed by atoms with Crippen molar-refractivity contribution in [1.29, 1.82) is 0 Å². The van der Waals surface area contributed by atoms with Gasteiger partial charge in [-0.05, 0) is 55.7 Å². The highest BCUT2D eigenvalue weighted by Gasteiger charge is 2.13. The summed E-state index contributed by atoms with van der Waals surface area (Å²) in [6, 6.07) is 15.5. The average molecular weight is 465 g/mol. The highest BCUT2D eigenvalue weighted by Crippen LogP contribution is 2.26. The zero-order chi connectivity index (χ0) is 23.4. The molecule has 0 aliphatic heterocycles. The average Bonchev–Trinajstić information content (AvgIpc) is 3.19. The molecule has 0 radical (unpaired) electrons. The number of ether oxygens (including phenoxy) is 1. The summed E-state index contributed by atoms with van der Waals surface area (Å²) in [5.74, 6) is 0.754. The molecule has 33 heavy (non-hydrogen) atoms. The van der Waals surface area contributed by atoms with Crippen LogP contribution < -0.4 is 15.6 Å². The third kappa shape index (κ3) is 5.01. The number of hydrogen-bond acceptors (Lipinski definition) is 4. The number of hydrogen-bond donors (Lipinski definition) is 3. The van der Waals surface area contributed by atoms with E-state index < -0.39 is 0 Å². The summed E-state index contributed by atoms with van der Waals surface area (Å²) in [7, 11) is 1.61. The molecule has 1 amide bonds. The highest BCUT2D eigenvalue weighted by molar-refractivity contribution is 7.71. The Balaban J connectivity index is 1.35. The van der Waals surface area contributed by atoms with Crippen LogP contribution in [0.4, 0.5) is 0 Å². The van der Waals surface area contributed by atoms with Crippen molar-refractivity contribution in [3.8, 4) is 5.75 Å². The lowest BCUT2D eigenvalue weighted by Gasteiger charge is -2.14. The Kier molecular flexibility index (Phi) is 6.93. The van der Waals surface area contributed by atoms with Crippen LogP contribution in [-0.2, 0) is 11.3 Å². The van der Waals surface area contributed by atoms with Gasteiger partial charge in [-0.25, -0.2) is 0 Å². The minimum atomic E-state index is -0.140. The summed E-state index contributed by atoms with van der Waals surface area (Å²) in [4.78, 5) is 31.7. The van der Waals surface area contributed by atoms with Gasteiger partial charge in [-0.3, -0.25) is 14.2 Å². The summed E-state index contributed by atoms with van der Waals surface area (Å²) in [6.45, 7) is 2.49. The second kappa shape index (κ2) is 10.0. The van der Waals surface area contributed by atoms with Gasteiger partial charge in [-0.15, -0.1) is 0 Å². The Morgan fingerprint density at radius 2 is 1.88 bits per heavy atom. The second-order valence-corrected chi connectivity index (χ2v) is 8.57. The molecule has 3 N–H and O–H groups in total. The van der Waals surface area contributed by atoms with Gasteiger partial charge in [-0.2, -0.15) is 0 Å². The van der Waals surface area contributed by atoms with Crippen molar-refractivity contribution in [2.45, 2.75) is 45.2 Å². The summed E-state index contributed by atoms with van der Waals surface area (Å²) in [5, 5.41) is 3.91. The van der Waals surface area contributed by atoms with Crippen molar-refractivity contribution in [3.63, 3.8) is 0 Å². The van der Waals surface area contributed by atoms with Gasteiger partial charge in [0, 0.05) is 23.9 Å². The van der Waals surface area contributed by atoms with Gasteiger partial charge in [0.05, 0.1) is 18.7 Å². The molecule has 0 unspecified atom stereocenters. The number of aromatic nitrogens is 3. The van der Waals surface area contributed by atoms with Crippen molar-refractivity contribution in [2.75, 3.05) is 7.11 Å². The first-order valence-electron chi connectivity index (χ1n) is 11.1. The topological polar surface area (TPSA) is 91.9 Å². The van der Waals surface area contributed by atoms with E-state index in [1.54, 1.807) is 11.7 Å². The Hall–Kier alpha value is -3.39. The maximum absolute atomic E-state index is 13.1. The number of nitrogens with zero attached hydrogens (tertiary/aromatic N) is 1. The largest absolute Gasteiger partial charge is 0.497 e. The van der Waals surface area contributed by atoms with E-state index in [0.717, 1.165) is 35.7 Å². The van der Waals surface area contributed by atoms with Crippen molar-refractivity contribution < 1.29 is 9.53 Å². The smallest absolute Gasteiger partial charge is 0.278 e. The lowest BCUT2D eigenvalue weighted by atomic mass is 10.1. The van der Waals surface area contributed by atoms with Crippen LogP contribution in [0.1, 0.15) is 44.2 Å². The van der Waals surface area contributed by atoms with Crippen LogP contribution in [-0.4, -0.2) is 27.6 Å². The normalized spacial score (nSPS) is 12.2. The van der Waals surface area contributed by atoms with E-state index in [9.17, 15) is 9.59 Å². The first-order valence-corrected chi connectivity index (χ1v) is 11.6. The lowest BCUT2D eigenvalue weighted by molar-refractivity contribution is -0.121. The molecule has 4 rings (SSSR count). The van der Waals surface area contributed by atoms with Crippen molar-refractivity contribution in [1.82, 2.24) is 19.9 Å². The summed E-state index contributed by atoms with van der Waals surface area (Å²) in [5.41, 5.74) is 2.99. The fourth-order valence-electron chi connectivity index (χ4n) is 4.06. The standard InChI is InChI=1S/C25H28N4O3S/c1-16(17-9-5-3-6-10-17)26-21(30)11-7-4-8-14-29-24(31)23-22(28-25(29)33)19-15-18(32-2)12-13-20(19)27-23/h3,5-6,9-10,12-13,15-16,27H,4,7-8,11,14H2,1-2H3,(H,26,30)(H,28,33)/t16-/m0/s1.